The van der Waals surface area contributed by atoms with Crippen LogP contribution < -0.4 is 36.0 Å². The monoisotopic (exact) mass is 1190 g/mol. The van der Waals surface area contributed by atoms with Gasteiger partial charge in [-0.25, -0.2) is 0 Å². The molecule has 0 spiro atoms. The lowest BCUT2D eigenvalue weighted by atomic mass is 9.33. The van der Waals surface area contributed by atoms with Crippen molar-refractivity contribution >= 4 is 156 Å². The van der Waals surface area contributed by atoms with Crippen LogP contribution in [0.3, 0.4) is 0 Å². The van der Waals surface area contributed by atoms with E-state index in [1.807, 2.05) is 11.3 Å². The highest BCUT2D eigenvalue weighted by Crippen LogP contribution is 2.52. The lowest BCUT2D eigenvalue weighted by molar-refractivity contribution is 0.590. The van der Waals surface area contributed by atoms with Gasteiger partial charge in [-0.3, -0.25) is 0 Å². The summed E-state index contributed by atoms with van der Waals surface area (Å²) in [5.41, 5.74) is 23.1. The molecule has 0 atom stereocenters. The summed E-state index contributed by atoms with van der Waals surface area (Å²) in [6.07, 6.45) is 0. The second-order valence-electron chi connectivity index (χ2n) is 26.5. The van der Waals surface area contributed by atoms with Gasteiger partial charge in [-0.15, -0.1) is 11.3 Å². The summed E-state index contributed by atoms with van der Waals surface area (Å²) < 4.78 is 9.57. The van der Waals surface area contributed by atoms with Crippen LogP contribution in [0, 0.1) is 0 Å². The molecule has 0 amide bonds. The summed E-state index contributed by atoms with van der Waals surface area (Å²) in [6, 6.07) is 106. The Morgan fingerprint density at radius 1 is 0.363 bits per heavy atom. The number of hydrogen-bond acceptors (Lipinski definition) is 6. The smallest absolute Gasteiger partial charge is 0.253 e. The number of nitrogens with zero attached hydrogens (tertiary/aromatic N) is 4. The molecular formula is C84H65BN4OS. The number of thiophene rings is 1. The zero-order valence-corrected chi connectivity index (χ0v) is 52.6. The Morgan fingerprint density at radius 2 is 0.923 bits per heavy atom. The molecule has 0 fully saturated rings. The van der Waals surface area contributed by atoms with Crippen molar-refractivity contribution in [1.82, 2.24) is 0 Å². The highest BCUT2D eigenvalue weighted by Gasteiger charge is 2.46. The predicted molar refractivity (Wildman–Crippen MR) is 390 cm³/mol. The Bertz CT molecular complexity index is 5350. The lowest BCUT2D eigenvalue weighted by Gasteiger charge is -2.45. The van der Waals surface area contributed by atoms with Crippen molar-refractivity contribution in [2.75, 3.05) is 19.6 Å². The molecule has 7 heteroatoms. The van der Waals surface area contributed by atoms with E-state index in [0.717, 1.165) is 95.6 Å². The number of hydrogen-bond donors (Lipinski definition) is 0. The van der Waals surface area contributed by atoms with E-state index in [0.29, 0.717) is 0 Å². The van der Waals surface area contributed by atoms with Gasteiger partial charge in [0.15, 0.2) is 5.58 Å². The van der Waals surface area contributed by atoms with Gasteiger partial charge in [-0.1, -0.05) is 211 Å². The van der Waals surface area contributed by atoms with E-state index in [9.17, 15) is 0 Å². The van der Waals surface area contributed by atoms with Crippen LogP contribution in [0.25, 0.3) is 64.0 Å². The average molecular weight is 1190 g/mol. The summed E-state index contributed by atoms with van der Waals surface area (Å²) >= 11 is 1.89. The van der Waals surface area contributed by atoms with Crippen LogP contribution in [0.5, 0.6) is 0 Å². The number of anilines is 12. The molecule has 0 bridgehead atoms. The van der Waals surface area contributed by atoms with Crippen molar-refractivity contribution in [2.24, 2.45) is 0 Å². The van der Waals surface area contributed by atoms with Crippen molar-refractivity contribution in [3.63, 3.8) is 0 Å². The summed E-state index contributed by atoms with van der Waals surface area (Å²) in [7, 11) is 0. The topological polar surface area (TPSA) is 26.1 Å². The van der Waals surface area contributed by atoms with Crippen LogP contribution >= 0.6 is 11.3 Å². The third-order valence-electron chi connectivity index (χ3n) is 18.9. The molecule has 0 N–H and O–H groups in total. The first-order valence-corrected chi connectivity index (χ1v) is 32.5. The van der Waals surface area contributed by atoms with Gasteiger partial charge >= 0.3 is 0 Å². The average Bonchev–Trinajstić information content (AvgIpc) is 1.41. The Kier molecular flexibility index (Phi) is 12.6. The molecule has 0 saturated heterocycles. The molecule has 4 heterocycles. The van der Waals surface area contributed by atoms with E-state index < -0.39 is 0 Å². The highest BCUT2D eigenvalue weighted by molar-refractivity contribution is 7.26. The molecule has 91 heavy (non-hydrogen) atoms. The van der Waals surface area contributed by atoms with Gasteiger partial charge < -0.3 is 24.0 Å². The zero-order valence-electron chi connectivity index (χ0n) is 51.8. The molecule has 13 aromatic carbocycles. The summed E-state index contributed by atoms with van der Waals surface area (Å²) in [5, 5.41) is 7.12. The van der Waals surface area contributed by atoms with Crippen LogP contribution in [0.2, 0.25) is 0 Å². The fraction of sp³-hybridized carbons (Fsp3) is 0.0952. The van der Waals surface area contributed by atoms with Crippen molar-refractivity contribution in [1.29, 1.82) is 0 Å². The first kappa shape index (κ1) is 54.5. The van der Waals surface area contributed by atoms with Crippen LogP contribution in [-0.4, -0.2) is 6.71 Å². The van der Waals surface area contributed by atoms with E-state index in [4.69, 9.17) is 4.42 Å². The second-order valence-corrected chi connectivity index (χ2v) is 27.6. The van der Waals surface area contributed by atoms with E-state index in [2.05, 4.69) is 346 Å². The van der Waals surface area contributed by atoms with Crippen LogP contribution in [0.1, 0.15) is 52.7 Å². The predicted octanol–water partition coefficient (Wildman–Crippen LogP) is 22.4. The van der Waals surface area contributed by atoms with Crippen molar-refractivity contribution in [2.45, 2.75) is 52.4 Å². The number of benzene rings is 13. The normalized spacial score (nSPS) is 12.9. The summed E-state index contributed by atoms with van der Waals surface area (Å²) in [6.45, 7) is 13.6. The second kappa shape index (κ2) is 21.0. The highest BCUT2D eigenvalue weighted by atomic mass is 32.1. The van der Waals surface area contributed by atoms with E-state index in [-0.39, 0.29) is 17.5 Å². The quantitative estimate of drug-likeness (QED) is 0.134. The standard InChI is InChI=1S/C84H65BN4OS/c1-83(2,3)58-36-41-61(42-37-58)88-71-47-48-78-79(69-30-16-18-34-77(69)91-78)81(71)85-70-46-45-65(87(63-28-19-25-57(49-63)54-21-9-7-10-22-54)72-32-20-31-68-67-29-15-17-33-76(67)90-82(68)72)51-73(70)89(62-43-38-59(39-44-62)84(4,5)6)75-53-66(52-74(88)80(75)85)86(60-26-11-8-12-27-60)64-40-35-55-23-13-14-24-56(55)50-64/h7-53H,1-6H3. The molecule has 2 aliphatic heterocycles. The molecule has 2 aliphatic rings. The minimum atomic E-state index is -0.200. The number of furan rings is 1. The maximum atomic E-state index is 7.01. The van der Waals surface area contributed by atoms with Gasteiger partial charge in [0.05, 0.1) is 11.4 Å². The first-order valence-electron chi connectivity index (χ1n) is 31.7. The summed E-state index contributed by atoms with van der Waals surface area (Å²) in [5.74, 6) is 0. The van der Waals surface area contributed by atoms with E-state index in [1.165, 1.54) is 64.1 Å². The zero-order chi connectivity index (χ0) is 61.3. The van der Waals surface area contributed by atoms with Crippen LogP contribution in [0.15, 0.2) is 290 Å². The Hall–Kier alpha value is -10.6. The van der Waals surface area contributed by atoms with Gasteiger partial charge in [0, 0.05) is 77.0 Å². The molecule has 5 nitrogen and oxygen atoms in total. The molecule has 0 aliphatic carbocycles. The SMILES string of the molecule is CC(C)(C)c1ccc(N2c3cc(N(c4cccc(-c5ccccc5)c4)c4cccc5c4oc4ccccc45)ccc3B3c4c2cc(N(c2ccccc2)c2ccc5ccccc5c2)cc4N(c2ccc(C(C)(C)C)cc2)c2ccc4sc5ccccc5c4c23)cc1. The molecule has 15 aromatic rings. The largest absolute Gasteiger partial charge is 0.454 e. The molecule has 2 aromatic heterocycles. The molecular weight excluding hydrogens is 1120 g/mol. The molecule has 17 rings (SSSR count). The number of fused-ring (bicyclic) bond motifs is 12. The van der Waals surface area contributed by atoms with Crippen molar-refractivity contribution in [3.05, 3.63) is 296 Å². The fourth-order valence-corrected chi connectivity index (χ4v) is 15.6. The Labute approximate surface area is 536 Å². The third-order valence-corrected chi connectivity index (χ3v) is 20.0. The van der Waals surface area contributed by atoms with Gasteiger partial charge in [-0.05, 0) is 186 Å². The number of para-hydroxylation sites is 3. The maximum absolute atomic E-state index is 7.01. The maximum Gasteiger partial charge on any atom is 0.253 e. The molecule has 0 radical (unpaired) electrons. The third kappa shape index (κ3) is 9.04. The van der Waals surface area contributed by atoms with Gasteiger partial charge in [0.1, 0.15) is 5.58 Å². The van der Waals surface area contributed by atoms with Gasteiger partial charge in [0.2, 0.25) is 0 Å². The Morgan fingerprint density at radius 3 is 1.65 bits per heavy atom. The van der Waals surface area contributed by atoms with Crippen LogP contribution in [0.4, 0.5) is 68.2 Å². The fourth-order valence-electron chi connectivity index (χ4n) is 14.5. The van der Waals surface area contributed by atoms with E-state index in [1.54, 1.807) is 0 Å². The van der Waals surface area contributed by atoms with Crippen molar-refractivity contribution < 1.29 is 4.42 Å². The number of rotatable bonds is 9. The van der Waals surface area contributed by atoms with Gasteiger partial charge in [0.25, 0.3) is 6.71 Å². The van der Waals surface area contributed by atoms with Gasteiger partial charge in [-0.2, -0.15) is 0 Å². The molecule has 0 saturated carbocycles. The van der Waals surface area contributed by atoms with Crippen molar-refractivity contribution in [3.8, 4) is 11.1 Å². The minimum absolute atomic E-state index is 0.0369. The first-order chi connectivity index (χ1) is 44.4. The minimum Gasteiger partial charge on any atom is -0.454 e. The van der Waals surface area contributed by atoms with Crippen LogP contribution in [-0.2, 0) is 10.8 Å². The molecule has 0 unspecified atom stereocenters. The van der Waals surface area contributed by atoms with E-state index >= 15 is 0 Å². The lowest BCUT2D eigenvalue weighted by Crippen LogP contribution is -2.61. The summed E-state index contributed by atoms with van der Waals surface area (Å²) in [4.78, 5) is 10.1. The Balaban J connectivity index is 1.00. The molecule has 436 valence electrons.